The summed E-state index contributed by atoms with van der Waals surface area (Å²) in [5, 5.41) is 3.40. The van der Waals surface area contributed by atoms with Crippen LogP contribution in [0.1, 0.15) is 19.8 Å². The summed E-state index contributed by atoms with van der Waals surface area (Å²) in [7, 11) is 0. The third-order valence-corrected chi connectivity index (χ3v) is 3.18. The van der Waals surface area contributed by atoms with Gasteiger partial charge in [-0.2, -0.15) is 5.90 Å². The van der Waals surface area contributed by atoms with Gasteiger partial charge in [-0.15, -0.1) is 0 Å². The molecule has 3 N–H and O–H groups in total. The number of nitrogens with zero attached hydrogens (tertiary/aromatic N) is 1. The SMILES string of the molecule is C=CC1=C(/C=C\C)CC(Nc2cc(ON)ccn2)C1. The number of nitrogens with one attached hydrogen (secondary N) is 1. The third kappa shape index (κ3) is 3.23. The van der Waals surface area contributed by atoms with Crippen LogP contribution in [0.2, 0.25) is 0 Å². The van der Waals surface area contributed by atoms with E-state index in [4.69, 9.17) is 10.7 Å². The lowest BCUT2D eigenvalue weighted by Crippen LogP contribution is -2.17. The van der Waals surface area contributed by atoms with E-state index in [2.05, 4.69) is 29.0 Å². The number of aromatic nitrogens is 1. The van der Waals surface area contributed by atoms with Crippen LogP contribution in [0, 0.1) is 0 Å². The van der Waals surface area contributed by atoms with Gasteiger partial charge in [0.15, 0.2) is 5.75 Å². The molecule has 1 unspecified atom stereocenters. The Bertz CT molecular complexity index is 520. The summed E-state index contributed by atoms with van der Waals surface area (Å²) in [6.07, 6.45) is 9.74. The summed E-state index contributed by atoms with van der Waals surface area (Å²) < 4.78 is 0. The number of anilines is 1. The highest BCUT2D eigenvalue weighted by Crippen LogP contribution is 2.30. The monoisotopic (exact) mass is 257 g/mol. The molecular weight excluding hydrogens is 238 g/mol. The van der Waals surface area contributed by atoms with E-state index in [0.29, 0.717) is 11.8 Å². The highest BCUT2D eigenvalue weighted by Gasteiger charge is 2.21. The van der Waals surface area contributed by atoms with Crippen LogP contribution in [0.3, 0.4) is 0 Å². The number of allylic oxidation sites excluding steroid dienone is 3. The molecule has 0 radical (unpaired) electrons. The van der Waals surface area contributed by atoms with E-state index in [1.807, 2.05) is 13.0 Å². The Morgan fingerprint density at radius 2 is 2.26 bits per heavy atom. The Labute approximate surface area is 113 Å². The molecule has 1 aromatic heterocycles. The first-order chi connectivity index (χ1) is 9.26. The van der Waals surface area contributed by atoms with E-state index in [0.717, 1.165) is 18.7 Å². The Hall–Kier alpha value is -2.07. The maximum absolute atomic E-state index is 5.15. The molecule has 1 aromatic rings. The van der Waals surface area contributed by atoms with E-state index in [1.54, 1.807) is 18.3 Å². The van der Waals surface area contributed by atoms with Crippen LogP contribution in [0.4, 0.5) is 5.82 Å². The topological polar surface area (TPSA) is 60.2 Å². The second-order valence-corrected chi connectivity index (χ2v) is 4.50. The molecule has 4 nitrogen and oxygen atoms in total. The highest BCUT2D eigenvalue weighted by molar-refractivity contribution is 5.45. The van der Waals surface area contributed by atoms with Crippen LogP contribution in [-0.4, -0.2) is 11.0 Å². The molecule has 1 aliphatic rings. The molecule has 0 saturated heterocycles. The average molecular weight is 257 g/mol. The first-order valence-corrected chi connectivity index (χ1v) is 6.33. The van der Waals surface area contributed by atoms with Gasteiger partial charge in [-0.05, 0) is 30.9 Å². The minimum absolute atomic E-state index is 0.333. The predicted octanol–water partition coefficient (Wildman–Crippen LogP) is 2.97. The van der Waals surface area contributed by atoms with E-state index in [9.17, 15) is 0 Å². The van der Waals surface area contributed by atoms with Gasteiger partial charge < -0.3 is 10.2 Å². The van der Waals surface area contributed by atoms with Crippen molar-refractivity contribution in [2.45, 2.75) is 25.8 Å². The molecule has 19 heavy (non-hydrogen) atoms. The normalized spacial score (nSPS) is 18.9. The van der Waals surface area contributed by atoms with Gasteiger partial charge in [0.1, 0.15) is 5.82 Å². The number of hydrogen-bond acceptors (Lipinski definition) is 4. The first kappa shape index (κ1) is 13.4. The van der Waals surface area contributed by atoms with Crippen molar-refractivity contribution in [3.63, 3.8) is 0 Å². The molecule has 100 valence electrons. The third-order valence-electron chi connectivity index (χ3n) is 3.18. The quantitative estimate of drug-likeness (QED) is 0.796. The van der Waals surface area contributed by atoms with Crippen molar-refractivity contribution in [2.24, 2.45) is 5.90 Å². The number of hydrogen-bond donors (Lipinski definition) is 2. The summed E-state index contributed by atoms with van der Waals surface area (Å²) in [6.45, 7) is 5.90. The van der Waals surface area contributed by atoms with Crippen molar-refractivity contribution in [1.82, 2.24) is 4.98 Å². The molecule has 4 heteroatoms. The molecule has 0 aliphatic heterocycles. The molecule has 2 rings (SSSR count). The zero-order chi connectivity index (χ0) is 13.7. The fourth-order valence-electron chi connectivity index (χ4n) is 2.33. The van der Waals surface area contributed by atoms with Crippen molar-refractivity contribution < 1.29 is 4.84 Å². The van der Waals surface area contributed by atoms with Crippen LogP contribution in [-0.2, 0) is 0 Å². The summed E-state index contributed by atoms with van der Waals surface area (Å²) in [5.41, 5.74) is 2.63. The van der Waals surface area contributed by atoms with Crippen LogP contribution in [0.15, 0.2) is 54.3 Å². The van der Waals surface area contributed by atoms with Crippen LogP contribution >= 0.6 is 0 Å². The lowest BCUT2D eigenvalue weighted by atomic mass is 10.1. The van der Waals surface area contributed by atoms with Crippen molar-refractivity contribution in [3.8, 4) is 5.75 Å². The number of rotatable bonds is 5. The molecule has 0 aromatic carbocycles. The van der Waals surface area contributed by atoms with Gasteiger partial charge in [0.25, 0.3) is 0 Å². The fraction of sp³-hybridized carbons (Fsp3) is 0.267. The number of pyridine rings is 1. The summed E-state index contributed by atoms with van der Waals surface area (Å²) in [6, 6.07) is 3.85. The van der Waals surface area contributed by atoms with Crippen molar-refractivity contribution in [1.29, 1.82) is 0 Å². The van der Waals surface area contributed by atoms with E-state index in [1.165, 1.54) is 11.1 Å². The Morgan fingerprint density at radius 1 is 1.47 bits per heavy atom. The lowest BCUT2D eigenvalue weighted by Gasteiger charge is -2.13. The maximum atomic E-state index is 5.15. The van der Waals surface area contributed by atoms with Crippen LogP contribution < -0.4 is 16.1 Å². The van der Waals surface area contributed by atoms with Crippen LogP contribution in [0.25, 0.3) is 0 Å². The van der Waals surface area contributed by atoms with Gasteiger partial charge in [0.2, 0.25) is 0 Å². The molecule has 0 saturated carbocycles. The summed E-state index contributed by atoms with van der Waals surface area (Å²) >= 11 is 0. The van der Waals surface area contributed by atoms with Crippen LogP contribution in [0.5, 0.6) is 5.75 Å². The molecule has 0 fully saturated rings. The predicted molar refractivity (Wildman–Crippen MR) is 77.7 cm³/mol. The molecule has 1 heterocycles. The average Bonchev–Trinajstić information content (AvgIpc) is 2.81. The smallest absolute Gasteiger partial charge is 0.152 e. The summed E-state index contributed by atoms with van der Waals surface area (Å²) in [4.78, 5) is 8.97. The van der Waals surface area contributed by atoms with Gasteiger partial charge in [0.05, 0.1) is 0 Å². The molecule has 0 bridgehead atoms. The summed E-state index contributed by atoms with van der Waals surface area (Å²) in [5.74, 6) is 6.52. The lowest BCUT2D eigenvalue weighted by molar-refractivity contribution is 0.334. The zero-order valence-electron chi connectivity index (χ0n) is 11.1. The molecular formula is C15H19N3O. The fourth-order valence-corrected chi connectivity index (χ4v) is 2.33. The van der Waals surface area contributed by atoms with Gasteiger partial charge in [-0.1, -0.05) is 24.8 Å². The molecule has 1 aliphatic carbocycles. The van der Waals surface area contributed by atoms with Crippen molar-refractivity contribution >= 4 is 5.82 Å². The van der Waals surface area contributed by atoms with E-state index in [-0.39, 0.29) is 0 Å². The van der Waals surface area contributed by atoms with Crippen molar-refractivity contribution in [3.05, 3.63) is 54.3 Å². The molecule has 0 spiro atoms. The van der Waals surface area contributed by atoms with Crippen molar-refractivity contribution in [2.75, 3.05) is 5.32 Å². The zero-order valence-corrected chi connectivity index (χ0v) is 11.1. The van der Waals surface area contributed by atoms with Gasteiger partial charge in [0, 0.05) is 24.4 Å². The minimum Gasteiger partial charge on any atom is -0.411 e. The van der Waals surface area contributed by atoms with E-state index < -0.39 is 0 Å². The first-order valence-electron chi connectivity index (χ1n) is 6.33. The second-order valence-electron chi connectivity index (χ2n) is 4.50. The Morgan fingerprint density at radius 3 is 2.95 bits per heavy atom. The molecule has 1 atom stereocenters. The van der Waals surface area contributed by atoms with E-state index >= 15 is 0 Å². The second kappa shape index (κ2) is 6.20. The standard InChI is InChI=1S/C15H19N3O/c1-3-5-12-9-13(8-11(12)4-2)18-15-10-14(19-16)6-7-17-15/h3-7,10,13H,2,8-9,16H2,1H3,(H,17,18)/b5-3-. The van der Waals surface area contributed by atoms with Gasteiger partial charge in [-0.3, -0.25) is 0 Å². The maximum Gasteiger partial charge on any atom is 0.152 e. The Balaban J connectivity index is 2.04. The highest BCUT2D eigenvalue weighted by atomic mass is 16.6. The van der Waals surface area contributed by atoms with Gasteiger partial charge >= 0.3 is 0 Å². The Kier molecular flexibility index (Phi) is 4.36. The minimum atomic E-state index is 0.333. The number of nitrogens with two attached hydrogens (primary N) is 1. The largest absolute Gasteiger partial charge is 0.411 e. The van der Waals surface area contributed by atoms with Gasteiger partial charge in [-0.25, -0.2) is 4.98 Å². The molecule has 0 amide bonds.